The molecule has 0 bridgehead atoms. The van der Waals surface area contributed by atoms with Crippen molar-refractivity contribution in [3.05, 3.63) is 35.8 Å². The maximum absolute atomic E-state index is 12.9. The van der Waals surface area contributed by atoms with Crippen LogP contribution in [0.25, 0.3) is 5.65 Å². The van der Waals surface area contributed by atoms with Crippen molar-refractivity contribution in [3.63, 3.8) is 0 Å². The number of carbonyl (C=O) groups excluding carboxylic acids is 2. The summed E-state index contributed by atoms with van der Waals surface area (Å²) in [7, 11) is 1.53. The Hall–Kier alpha value is -2.45. The maximum Gasteiger partial charge on any atom is 0.274 e. The average molecular weight is 346 g/mol. The average Bonchev–Trinajstić information content (AvgIpc) is 2.99. The van der Waals surface area contributed by atoms with Gasteiger partial charge in [-0.15, -0.1) is 0 Å². The molecule has 3 heterocycles. The summed E-state index contributed by atoms with van der Waals surface area (Å²) in [6, 6.07) is 5.71. The number of hydrogen-bond donors (Lipinski definition) is 1. The Bertz CT molecular complexity index is 799. The fraction of sp³-hybridized carbons (Fsp3) is 0.471. The zero-order valence-electron chi connectivity index (χ0n) is 14.4. The number of nitrogens with zero attached hydrogens (tertiary/aromatic N) is 3. The Morgan fingerprint density at radius 1 is 1.44 bits per heavy atom. The first-order chi connectivity index (χ1) is 11.9. The molecule has 0 spiro atoms. The Morgan fingerprint density at radius 2 is 2.24 bits per heavy atom. The first kappa shape index (κ1) is 17.4. The number of hydrogen-bond acceptors (Lipinski definition) is 5. The van der Waals surface area contributed by atoms with Crippen LogP contribution in [-0.2, 0) is 14.3 Å². The van der Waals surface area contributed by atoms with Gasteiger partial charge in [-0.1, -0.05) is 6.07 Å². The van der Waals surface area contributed by atoms with E-state index in [2.05, 4.69) is 4.98 Å². The van der Waals surface area contributed by atoms with Crippen LogP contribution >= 0.6 is 0 Å². The lowest BCUT2D eigenvalue weighted by Crippen LogP contribution is -2.57. The van der Waals surface area contributed by atoms with Gasteiger partial charge in [0.05, 0.1) is 26.2 Å². The van der Waals surface area contributed by atoms with E-state index in [4.69, 9.17) is 15.2 Å². The van der Waals surface area contributed by atoms with Crippen LogP contribution in [0.2, 0.25) is 0 Å². The standard InChI is InChI=1S/C17H22N4O4/c1-12-4-3-5-15-19-13(9-21(12)15)16(23)20-6-7-25-17(10-20,11-24-2)8-14(18)22/h3-5,9H,6-8,10-11H2,1-2H3,(H2,18,22)/t17-/m0/s1. The van der Waals surface area contributed by atoms with Crippen LogP contribution in [0.4, 0.5) is 0 Å². The first-order valence-corrected chi connectivity index (χ1v) is 8.09. The second-order valence-electron chi connectivity index (χ2n) is 6.36. The van der Waals surface area contributed by atoms with E-state index in [1.807, 2.05) is 29.5 Å². The summed E-state index contributed by atoms with van der Waals surface area (Å²) < 4.78 is 12.8. The summed E-state index contributed by atoms with van der Waals surface area (Å²) in [6.45, 7) is 3.11. The molecular formula is C17H22N4O4. The molecule has 0 unspecified atom stereocenters. The number of carbonyl (C=O) groups is 2. The quantitative estimate of drug-likeness (QED) is 0.843. The van der Waals surface area contributed by atoms with Crippen molar-refractivity contribution in [1.29, 1.82) is 0 Å². The maximum atomic E-state index is 12.9. The number of morpholine rings is 1. The Balaban J connectivity index is 1.85. The molecule has 3 rings (SSSR count). The molecule has 1 aliphatic heterocycles. The van der Waals surface area contributed by atoms with Gasteiger partial charge in [0.1, 0.15) is 16.9 Å². The van der Waals surface area contributed by atoms with E-state index >= 15 is 0 Å². The zero-order valence-corrected chi connectivity index (χ0v) is 14.4. The van der Waals surface area contributed by atoms with Crippen LogP contribution in [0.1, 0.15) is 22.6 Å². The molecular weight excluding hydrogens is 324 g/mol. The van der Waals surface area contributed by atoms with Crippen molar-refractivity contribution in [2.45, 2.75) is 18.9 Å². The molecule has 2 N–H and O–H groups in total. The van der Waals surface area contributed by atoms with Crippen molar-refractivity contribution < 1.29 is 19.1 Å². The molecule has 0 radical (unpaired) electrons. The van der Waals surface area contributed by atoms with Crippen LogP contribution in [0.3, 0.4) is 0 Å². The normalized spacial score (nSPS) is 20.8. The zero-order chi connectivity index (χ0) is 18.0. The summed E-state index contributed by atoms with van der Waals surface area (Å²) in [4.78, 5) is 30.4. The van der Waals surface area contributed by atoms with Gasteiger partial charge < -0.3 is 24.5 Å². The minimum absolute atomic E-state index is 0.00507. The van der Waals surface area contributed by atoms with E-state index in [0.717, 1.165) is 11.3 Å². The van der Waals surface area contributed by atoms with Crippen molar-refractivity contribution in [2.75, 3.05) is 33.4 Å². The summed E-state index contributed by atoms with van der Waals surface area (Å²) in [5, 5.41) is 0. The predicted molar refractivity (Wildman–Crippen MR) is 90.2 cm³/mol. The molecule has 1 aliphatic rings. The van der Waals surface area contributed by atoms with Gasteiger partial charge in [0.25, 0.3) is 5.91 Å². The number of methoxy groups -OCH3 is 1. The number of rotatable bonds is 5. The molecule has 2 amide bonds. The van der Waals surface area contributed by atoms with E-state index < -0.39 is 11.5 Å². The van der Waals surface area contributed by atoms with Crippen LogP contribution in [0.15, 0.2) is 24.4 Å². The lowest BCUT2D eigenvalue weighted by atomic mass is 9.97. The Kier molecular flexibility index (Phi) is 4.73. The molecule has 8 heteroatoms. The smallest absolute Gasteiger partial charge is 0.274 e. The van der Waals surface area contributed by atoms with Crippen molar-refractivity contribution >= 4 is 17.5 Å². The number of primary amides is 1. The highest BCUT2D eigenvalue weighted by Crippen LogP contribution is 2.24. The fourth-order valence-electron chi connectivity index (χ4n) is 3.26. The SMILES string of the molecule is COC[C@]1(CC(N)=O)CN(C(=O)c2cn3c(C)cccc3n2)CCO1. The largest absolute Gasteiger partial charge is 0.382 e. The highest BCUT2D eigenvalue weighted by molar-refractivity contribution is 5.93. The van der Waals surface area contributed by atoms with Gasteiger partial charge in [0.15, 0.2) is 0 Å². The second-order valence-corrected chi connectivity index (χ2v) is 6.36. The van der Waals surface area contributed by atoms with Gasteiger partial charge in [0, 0.05) is 25.5 Å². The summed E-state index contributed by atoms with van der Waals surface area (Å²) in [6.07, 6.45) is 1.73. The third kappa shape index (κ3) is 3.49. The monoisotopic (exact) mass is 346 g/mol. The molecule has 2 aromatic rings. The van der Waals surface area contributed by atoms with Crippen molar-refractivity contribution in [1.82, 2.24) is 14.3 Å². The number of imidazole rings is 1. The van der Waals surface area contributed by atoms with Crippen LogP contribution in [-0.4, -0.2) is 65.1 Å². The van der Waals surface area contributed by atoms with E-state index in [-0.39, 0.29) is 25.5 Å². The summed E-state index contributed by atoms with van der Waals surface area (Å²) in [5.74, 6) is -0.689. The van der Waals surface area contributed by atoms with Gasteiger partial charge >= 0.3 is 0 Å². The van der Waals surface area contributed by atoms with Gasteiger partial charge in [-0.25, -0.2) is 4.98 Å². The minimum Gasteiger partial charge on any atom is -0.382 e. The number of fused-ring (bicyclic) bond motifs is 1. The van der Waals surface area contributed by atoms with E-state index in [9.17, 15) is 9.59 Å². The van der Waals surface area contributed by atoms with E-state index in [0.29, 0.717) is 18.8 Å². The van der Waals surface area contributed by atoms with Crippen LogP contribution < -0.4 is 5.73 Å². The number of ether oxygens (including phenoxy) is 2. The number of aryl methyl sites for hydroxylation is 1. The summed E-state index contributed by atoms with van der Waals surface area (Å²) >= 11 is 0. The summed E-state index contributed by atoms with van der Waals surface area (Å²) in [5.41, 5.74) is 6.51. The minimum atomic E-state index is -0.913. The number of nitrogens with two attached hydrogens (primary N) is 1. The topological polar surface area (TPSA) is 99.2 Å². The number of pyridine rings is 1. The first-order valence-electron chi connectivity index (χ1n) is 8.09. The highest BCUT2D eigenvalue weighted by atomic mass is 16.5. The molecule has 1 atom stereocenters. The Labute approximate surface area is 145 Å². The number of amides is 2. The lowest BCUT2D eigenvalue weighted by molar-refractivity contribution is -0.148. The van der Waals surface area contributed by atoms with E-state index in [1.165, 1.54) is 7.11 Å². The third-order valence-electron chi connectivity index (χ3n) is 4.35. The second kappa shape index (κ2) is 6.81. The molecule has 0 aromatic carbocycles. The predicted octanol–water partition coefficient (Wildman–Crippen LogP) is 0.376. The highest BCUT2D eigenvalue weighted by Gasteiger charge is 2.40. The molecule has 8 nitrogen and oxygen atoms in total. The molecule has 134 valence electrons. The number of aromatic nitrogens is 2. The van der Waals surface area contributed by atoms with Gasteiger partial charge in [0.2, 0.25) is 5.91 Å². The van der Waals surface area contributed by atoms with Crippen molar-refractivity contribution in [3.8, 4) is 0 Å². The molecule has 2 aromatic heterocycles. The Morgan fingerprint density at radius 3 is 2.92 bits per heavy atom. The molecule has 1 fully saturated rings. The molecule has 0 saturated carbocycles. The van der Waals surface area contributed by atoms with Gasteiger partial charge in [-0.2, -0.15) is 0 Å². The third-order valence-corrected chi connectivity index (χ3v) is 4.35. The molecule has 25 heavy (non-hydrogen) atoms. The lowest BCUT2D eigenvalue weighted by Gasteiger charge is -2.41. The fourth-order valence-corrected chi connectivity index (χ4v) is 3.26. The van der Waals surface area contributed by atoms with E-state index in [1.54, 1.807) is 11.1 Å². The van der Waals surface area contributed by atoms with Crippen LogP contribution in [0, 0.1) is 6.92 Å². The van der Waals surface area contributed by atoms with Gasteiger partial charge in [-0.05, 0) is 19.1 Å². The van der Waals surface area contributed by atoms with Gasteiger partial charge in [-0.3, -0.25) is 9.59 Å². The molecule has 0 aliphatic carbocycles. The molecule has 1 saturated heterocycles. The van der Waals surface area contributed by atoms with Crippen molar-refractivity contribution in [2.24, 2.45) is 5.73 Å². The van der Waals surface area contributed by atoms with Crippen LogP contribution in [0.5, 0.6) is 0 Å².